The SMILES string of the molecule is COC(=O)c1ccc(F)cc1CS. The number of hydrogen-bond acceptors (Lipinski definition) is 3. The van der Waals surface area contributed by atoms with Crippen LogP contribution in [0.25, 0.3) is 0 Å². The smallest absolute Gasteiger partial charge is 0.338 e. The third-order valence-corrected chi connectivity index (χ3v) is 1.98. The zero-order chi connectivity index (χ0) is 9.84. The second-order valence-corrected chi connectivity index (χ2v) is 2.77. The lowest BCUT2D eigenvalue weighted by Gasteiger charge is -2.04. The van der Waals surface area contributed by atoms with Crippen LogP contribution >= 0.6 is 12.6 Å². The summed E-state index contributed by atoms with van der Waals surface area (Å²) in [5.41, 5.74) is 0.897. The molecular weight excluding hydrogens is 191 g/mol. The molecule has 0 fully saturated rings. The summed E-state index contributed by atoms with van der Waals surface area (Å²) in [6.45, 7) is 0. The van der Waals surface area contributed by atoms with Gasteiger partial charge in [0.2, 0.25) is 0 Å². The Morgan fingerprint density at radius 3 is 2.85 bits per heavy atom. The van der Waals surface area contributed by atoms with Gasteiger partial charge in [-0.05, 0) is 23.8 Å². The maximum Gasteiger partial charge on any atom is 0.338 e. The molecule has 0 saturated carbocycles. The van der Waals surface area contributed by atoms with Gasteiger partial charge in [-0.25, -0.2) is 9.18 Å². The Balaban J connectivity index is 3.13. The first kappa shape index (κ1) is 10.1. The number of carbonyl (C=O) groups is 1. The van der Waals surface area contributed by atoms with Gasteiger partial charge in [-0.15, -0.1) is 0 Å². The normalized spacial score (nSPS) is 9.77. The van der Waals surface area contributed by atoms with E-state index in [0.717, 1.165) is 0 Å². The highest BCUT2D eigenvalue weighted by Crippen LogP contribution is 2.14. The summed E-state index contributed by atoms with van der Waals surface area (Å²) in [6.07, 6.45) is 0. The lowest BCUT2D eigenvalue weighted by atomic mass is 10.1. The third-order valence-electron chi connectivity index (χ3n) is 1.64. The molecule has 0 aliphatic rings. The fourth-order valence-electron chi connectivity index (χ4n) is 1.00. The molecule has 0 aliphatic carbocycles. The summed E-state index contributed by atoms with van der Waals surface area (Å²) in [5, 5.41) is 0. The van der Waals surface area contributed by atoms with E-state index < -0.39 is 5.97 Å². The van der Waals surface area contributed by atoms with E-state index in [9.17, 15) is 9.18 Å². The Bertz CT molecular complexity index is 325. The molecule has 1 rings (SSSR count). The first-order valence-corrected chi connectivity index (χ1v) is 4.30. The molecular formula is C9H9FO2S. The maximum atomic E-state index is 12.7. The summed E-state index contributed by atoms with van der Waals surface area (Å²) < 4.78 is 17.2. The quantitative estimate of drug-likeness (QED) is 0.584. The summed E-state index contributed by atoms with van der Waals surface area (Å²) in [4.78, 5) is 11.1. The first-order chi connectivity index (χ1) is 6.19. The minimum atomic E-state index is -0.468. The average Bonchev–Trinajstić information content (AvgIpc) is 2.16. The molecule has 0 atom stereocenters. The van der Waals surface area contributed by atoms with Crippen LogP contribution in [0.15, 0.2) is 18.2 Å². The lowest BCUT2D eigenvalue weighted by molar-refractivity contribution is 0.0600. The number of esters is 1. The second kappa shape index (κ2) is 4.28. The molecule has 0 aliphatic heterocycles. The van der Waals surface area contributed by atoms with E-state index in [4.69, 9.17) is 0 Å². The zero-order valence-corrected chi connectivity index (χ0v) is 7.98. The van der Waals surface area contributed by atoms with E-state index >= 15 is 0 Å². The molecule has 70 valence electrons. The van der Waals surface area contributed by atoms with Gasteiger partial charge < -0.3 is 4.74 Å². The summed E-state index contributed by atoms with van der Waals surface area (Å²) >= 11 is 3.99. The number of benzene rings is 1. The van der Waals surface area contributed by atoms with Gasteiger partial charge in [-0.2, -0.15) is 12.6 Å². The van der Waals surface area contributed by atoms with Crippen LogP contribution < -0.4 is 0 Å². The zero-order valence-electron chi connectivity index (χ0n) is 7.08. The predicted octanol–water partition coefficient (Wildman–Crippen LogP) is 2.04. The van der Waals surface area contributed by atoms with Gasteiger partial charge >= 0.3 is 5.97 Å². The maximum absolute atomic E-state index is 12.7. The Hall–Kier alpha value is -1.03. The van der Waals surface area contributed by atoms with Crippen molar-refractivity contribution in [3.05, 3.63) is 35.1 Å². The van der Waals surface area contributed by atoms with Crippen molar-refractivity contribution in [1.29, 1.82) is 0 Å². The van der Waals surface area contributed by atoms with Crippen LogP contribution in [0, 0.1) is 5.82 Å². The molecule has 2 nitrogen and oxygen atoms in total. The predicted molar refractivity (Wildman–Crippen MR) is 50.4 cm³/mol. The van der Waals surface area contributed by atoms with Crippen molar-refractivity contribution in [1.82, 2.24) is 0 Å². The fourth-order valence-corrected chi connectivity index (χ4v) is 1.26. The van der Waals surface area contributed by atoms with Crippen LogP contribution in [0.3, 0.4) is 0 Å². The Labute approximate surface area is 81.1 Å². The van der Waals surface area contributed by atoms with Crippen molar-refractivity contribution in [3.8, 4) is 0 Å². The van der Waals surface area contributed by atoms with Gasteiger partial charge in [-0.1, -0.05) is 0 Å². The molecule has 0 aromatic heterocycles. The average molecular weight is 200 g/mol. The van der Waals surface area contributed by atoms with Gasteiger partial charge in [0.25, 0.3) is 0 Å². The molecule has 0 unspecified atom stereocenters. The van der Waals surface area contributed by atoms with Gasteiger partial charge in [0.15, 0.2) is 0 Å². The first-order valence-electron chi connectivity index (χ1n) is 3.66. The highest BCUT2D eigenvalue weighted by atomic mass is 32.1. The number of ether oxygens (including phenoxy) is 1. The largest absolute Gasteiger partial charge is 0.465 e. The van der Waals surface area contributed by atoms with Crippen molar-refractivity contribution in [2.75, 3.05) is 7.11 Å². The Morgan fingerprint density at radius 2 is 2.31 bits per heavy atom. The van der Waals surface area contributed by atoms with Crippen LogP contribution in [0.1, 0.15) is 15.9 Å². The highest BCUT2D eigenvalue weighted by molar-refractivity contribution is 7.79. The lowest BCUT2D eigenvalue weighted by Crippen LogP contribution is -2.05. The van der Waals surface area contributed by atoms with Gasteiger partial charge in [-0.3, -0.25) is 0 Å². The molecule has 0 amide bonds. The van der Waals surface area contributed by atoms with Gasteiger partial charge in [0, 0.05) is 5.75 Å². The molecule has 0 heterocycles. The van der Waals surface area contributed by atoms with E-state index in [1.54, 1.807) is 0 Å². The molecule has 0 radical (unpaired) electrons. The molecule has 0 saturated heterocycles. The van der Waals surface area contributed by atoms with Crippen LogP contribution in [-0.4, -0.2) is 13.1 Å². The van der Waals surface area contributed by atoms with Gasteiger partial charge in [0.05, 0.1) is 12.7 Å². The van der Waals surface area contributed by atoms with E-state index in [0.29, 0.717) is 16.9 Å². The molecule has 1 aromatic rings. The van der Waals surface area contributed by atoms with Gasteiger partial charge in [0.1, 0.15) is 5.82 Å². The van der Waals surface area contributed by atoms with Crippen LogP contribution in [0.5, 0.6) is 0 Å². The van der Waals surface area contributed by atoms with E-state index in [-0.39, 0.29) is 5.82 Å². The van der Waals surface area contributed by atoms with E-state index in [1.807, 2.05) is 0 Å². The molecule has 0 spiro atoms. The van der Waals surface area contributed by atoms with Crippen molar-refractivity contribution in [2.24, 2.45) is 0 Å². The van der Waals surface area contributed by atoms with E-state index in [1.165, 1.54) is 25.3 Å². The number of rotatable bonds is 2. The fraction of sp³-hybridized carbons (Fsp3) is 0.222. The van der Waals surface area contributed by atoms with Crippen molar-refractivity contribution in [2.45, 2.75) is 5.75 Å². The summed E-state index contributed by atoms with van der Waals surface area (Å²) in [5.74, 6) is -0.539. The number of methoxy groups -OCH3 is 1. The minimum Gasteiger partial charge on any atom is -0.465 e. The molecule has 0 bridgehead atoms. The van der Waals surface area contributed by atoms with Crippen LogP contribution in [0.4, 0.5) is 4.39 Å². The van der Waals surface area contributed by atoms with Crippen molar-refractivity contribution >= 4 is 18.6 Å². The van der Waals surface area contributed by atoms with E-state index in [2.05, 4.69) is 17.4 Å². The Kier molecular flexibility index (Phi) is 3.31. The second-order valence-electron chi connectivity index (χ2n) is 2.45. The standard InChI is InChI=1S/C9H9FO2S/c1-12-9(11)8-3-2-7(10)4-6(8)5-13/h2-4,13H,5H2,1H3. The highest BCUT2D eigenvalue weighted by Gasteiger charge is 2.10. The number of hydrogen-bond donors (Lipinski definition) is 1. The molecule has 0 N–H and O–H groups in total. The topological polar surface area (TPSA) is 26.3 Å². The van der Waals surface area contributed by atoms with Crippen molar-refractivity contribution in [3.63, 3.8) is 0 Å². The van der Waals surface area contributed by atoms with Crippen molar-refractivity contribution < 1.29 is 13.9 Å². The Morgan fingerprint density at radius 1 is 1.62 bits per heavy atom. The molecule has 13 heavy (non-hydrogen) atoms. The van der Waals surface area contributed by atoms with Crippen LogP contribution in [-0.2, 0) is 10.5 Å². The minimum absolute atomic E-state index is 0.308. The summed E-state index contributed by atoms with van der Waals surface area (Å²) in [7, 11) is 1.29. The molecule has 1 aromatic carbocycles. The number of carbonyl (C=O) groups excluding carboxylic acids is 1. The van der Waals surface area contributed by atoms with Crippen LogP contribution in [0.2, 0.25) is 0 Å². The number of halogens is 1. The third kappa shape index (κ3) is 2.21. The number of thiol groups is 1. The summed E-state index contributed by atoms with van der Waals surface area (Å²) in [6, 6.07) is 3.89. The monoisotopic (exact) mass is 200 g/mol. The molecule has 4 heteroatoms.